The molecule has 0 aliphatic rings. The SMILES string of the molecule is CONc1ccc(O[PH](=O)NCC=O)cc1. The predicted octanol–water partition coefficient (Wildman–Crippen LogP) is 1.22. The Labute approximate surface area is 93.8 Å². The topological polar surface area (TPSA) is 76.7 Å². The molecule has 0 aliphatic heterocycles. The number of nitrogens with one attached hydrogen (secondary N) is 2. The summed E-state index contributed by atoms with van der Waals surface area (Å²) in [5.74, 6) is 0.462. The number of benzene rings is 1. The van der Waals surface area contributed by atoms with E-state index in [9.17, 15) is 9.36 Å². The summed E-state index contributed by atoms with van der Waals surface area (Å²) < 4.78 is 16.3. The van der Waals surface area contributed by atoms with Crippen molar-refractivity contribution < 1.29 is 18.7 Å². The van der Waals surface area contributed by atoms with Crippen LogP contribution < -0.4 is 15.1 Å². The molecule has 0 aliphatic carbocycles. The van der Waals surface area contributed by atoms with Gasteiger partial charge in [-0.05, 0) is 24.3 Å². The van der Waals surface area contributed by atoms with Gasteiger partial charge in [-0.25, -0.2) is 5.09 Å². The van der Waals surface area contributed by atoms with Crippen LogP contribution in [0.15, 0.2) is 24.3 Å². The van der Waals surface area contributed by atoms with Crippen molar-refractivity contribution in [3.63, 3.8) is 0 Å². The molecule has 0 bridgehead atoms. The third kappa shape index (κ3) is 4.44. The summed E-state index contributed by atoms with van der Waals surface area (Å²) in [5, 5.41) is 2.44. The predicted molar refractivity (Wildman–Crippen MR) is 60.8 cm³/mol. The van der Waals surface area contributed by atoms with E-state index in [1.807, 2.05) is 0 Å². The van der Waals surface area contributed by atoms with E-state index >= 15 is 0 Å². The lowest BCUT2D eigenvalue weighted by Crippen LogP contribution is -2.08. The van der Waals surface area contributed by atoms with Gasteiger partial charge < -0.3 is 9.32 Å². The highest BCUT2D eigenvalue weighted by Gasteiger charge is 2.00. The molecule has 88 valence electrons. The molecule has 1 rings (SSSR count). The number of carbonyl (C=O) groups is 1. The second kappa shape index (κ2) is 7.00. The highest BCUT2D eigenvalue weighted by molar-refractivity contribution is 7.37. The van der Waals surface area contributed by atoms with Gasteiger partial charge in [0, 0.05) is 0 Å². The molecule has 16 heavy (non-hydrogen) atoms. The van der Waals surface area contributed by atoms with Crippen LogP contribution in [-0.2, 0) is 14.2 Å². The van der Waals surface area contributed by atoms with Gasteiger partial charge in [-0.2, -0.15) is 0 Å². The van der Waals surface area contributed by atoms with Gasteiger partial charge >= 0.3 is 8.18 Å². The number of rotatable bonds is 7. The minimum Gasteiger partial charge on any atom is -0.434 e. The second-order valence-electron chi connectivity index (χ2n) is 2.77. The molecule has 1 atom stereocenters. The highest BCUT2D eigenvalue weighted by atomic mass is 31.1. The molecule has 0 spiro atoms. The lowest BCUT2D eigenvalue weighted by molar-refractivity contribution is -0.106. The zero-order valence-electron chi connectivity index (χ0n) is 8.73. The van der Waals surface area contributed by atoms with Crippen LogP contribution in [0, 0.1) is 0 Å². The Morgan fingerprint density at radius 3 is 2.62 bits per heavy atom. The smallest absolute Gasteiger partial charge is 0.305 e. The summed E-state index contributed by atoms with van der Waals surface area (Å²) in [6.45, 7) is 0.0150. The molecule has 0 aromatic heterocycles. The summed E-state index contributed by atoms with van der Waals surface area (Å²) in [6.07, 6.45) is 0.623. The van der Waals surface area contributed by atoms with Gasteiger partial charge in [0.05, 0.1) is 19.3 Å². The molecule has 6 nitrogen and oxygen atoms in total. The van der Waals surface area contributed by atoms with Crippen LogP contribution in [0.1, 0.15) is 0 Å². The Balaban J connectivity index is 2.48. The van der Waals surface area contributed by atoms with E-state index in [0.29, 0.717) is 12.0 Å². The standard InChI is InChI=1S/C9H13N2O4P/c1-14-11-8-2-4-9(5-3-8)15-16(13)10-6-7-12/h2-5,7,11,16H,6H2,1H3,(H,10,13). The van der Waals surface area contributed by atoms with Crippen molar-refractivity contribution in [2.75, 3.05) is 19.1 Å². The zero-order valence-corrected chi connectivity index (χ0v) is 9.73. The molecule has 0 saturated heterocycles. The lowest BCUT2D eigenvalue weighted by Gasteiger charge is -2.07. The van der Waals surface area contributed by atoms with E-state index in [1.54, 1.807) is 24.3 Å². The third-order valence-electron chi connectivity index (χ3n) is 1.61. The molecule has 1 aromatic carbocycles. The van der Waals surface area contributed by atoms with Crippen LogP contribution in [0.2, 0.25) is 0 Å². The molecule has 1 unspecified atom stereocenters. The Kier molecular flexibility index (Phi) is 5.56. The summed E-state index contributed by atoms with van der Waals surface area (Å²) in [6, 6.07) is 6.72. The van der Waals surface area contributed by atoms with Crippen molar-refractivity contribution in [3.05, 3.63) is 24.3 Å². The fraction of sp³-hybridized carbons (Fsp3) is 0.222. The maximum atomic E-state index is 11.2. The number of hydrogen-bond donors (Lipinski definition) is 2. The molecule has 0 saturated carbocycles. The van der Waals surface area contributed by atoms with Gasteiger partial charge in [-0.3, -0.25) is 14.9 Å². The van der Waals surface area contributed by atoms with Crippen LogP contribution in [0.5, 0.6) is 5.75 Å². The summed E-state index contributed by atoms with van der Waals surface area (Å²) in [4.78, 5) is 14.7. The molecule has 0 amide bonds. The maximum Gasteiger partial charge on any atom is 0.305 e. The van der Waals surface area contributed by atoms with Crippen molar-refractivity contribution in [1.29, 1.82) is 0 Å². The van der Waals surface area contributed by atoms with Gasteiger partial charge in [0.15, 0.2) is 0 Å². The Hall–Kier alpha value is -1.36. The fourth-order valence-electron chi connectivity index (χ4n) is 0.977. The number of aldehydes is 1. The second-order valence-corrected chi connectivity index (χ2v) is 3.90. The van der Waals surface area contributed by atoms with Gasteiger partial charge in [-0.1, -0.05) is 0 Å². The van der Waals surface area contributed by atoms with Gasteiger partial charge in [0.1, 0.15) is 12.0 Å². The van der Waals surface area contributed by atoms with Gasteiger partial charge in [0.25, 0.3) is 0 Å². The van der Waals surface area contributed by atoms with Crippen LogP contribution in [0.4, 0.5) is 5.69 Å². The van der Waals surface area contributed by atoms with Crippen molar-refractivity contribution in [3.8, 4) is 5.75 Å². The first-order valence-electron chi connectivity index (χ1n) is 4.54. The summed E-state index contributed by atoms with van der Waals surface area (Å²) >= 11 is 0. The first-order chi connectivity index (χ1) is 7.76. The fourth-order valence-corrected chi connectivity index (χ4v) is 1.65. The highest BCUT2D eigenvalue weighted by Crippen LogP contribution is 2.24. The average molecular weight is 244 g/mol. The van der Waals surface area contributed by atoms with Crippen LogP contribution in [0.25, 0.3) is 0 Å². The van der Waals surface area contributed by atoms with E-state index in [1.165, 1.54) is 7.11 Å². The first kappa shape index (κ1) is 12.7. The molecule has 7 heteroatoms. The minimum absolute atomic E-state index is 0.0150. The third-order valence-corrected chi connectivity index (χ3v) is 2.53. The van der Waals surface area contributed by atoms with Crippen LogP contribution in [0.3, 0.4) is 0 Å². The van der Waals surface area contributed by atoms with E-state index in [-0.39, 0.29) is 6.54 Å². The Bertz CT molecular complexity index is 355. The van der Waals surface area contributed by atoms with Crippen molar-refractivity contribution >= 4 is 20.2 Å². The van der Waals surface area contributed by atoms with Crippen molar-refractivity contribution in [1.82, 2.24) is 5.09 Å². The Morgan fingerprint density at radius 1 is 1.38 bits per heavy atom. The number of hydrogen-bond acceptors (Lipinski definition) is 5. The summed E-state index contributed by atoms with van der Waals surface area (Å²) in [5.41, 5.74) is 3.39. The van der Waals surface area contributed by atoms with Gasteiger partial charge in [-0.15, -0.1) is 0 Å². The quantitative estimate of drug-likeness (QED) is 0.426. The minimum atomic E-state index is -2.41. The maximum absolute atomic E-state index is 11.2. The largest absolute Gasteiger partial charge is 0.434 e. The van der Waals surface area contributed by atoms with E-state index in [0.717, 1.165) is 5.69 Å². The van der Waals surface area contributed by atoms with Crippen LogP contribution >= 0.6 is 8.18 Å². The lowest BCUT2D eigenvalue weighted by atomic mass is 10.3. The van der Waals surface area contributed by atoms with Crippen LogP contribution in [-0.4, -0.2) is 19.9 Å². The van der Waals surface area contributed by atoms with E-state index in [2.05, 4.69) is 10.6 Å². The molecule has 1 aromatic rings. The van der Waals surface area contributed by atoms with E-state index < -0.39 is 8.18 Å². The molecule has 0 radical (unpaired) electrons. The number of anilines is 1. The van der Waals surface area contributed by atoms with E-state index in [4.69, 9.17) is 9.36 Å². The van der Waals surface area contributed by atoms with Crippen molar-refractivity contribution in [2.24, 2.45) is 0 Å². The summed E-state index contributed by atoms with van der Waals surface area (Å²) in [7, 11) is -0.906. The zero-order chi connectivity index (χ0) is 11.8. The molecular formula is C9H13N2O4P. The van der Waals surface area contributed by atoms with Crippen molar-refractivity contribution in [2.45, 2.75) is 0 Å². The first-order valence-corrected chi connectivity index (χ1v) is 5.86. The normalized spacial score (nSPS) is 11.8. The molecule has 0 fully saturated rings. The van der Waals surface area contributed by atoms with Gasteiger partial charge in [0.2, 0.25) is 0 Å². The molecular weight excluding hydrogens is 231 g/mol. The molecule has 2 N–H and O–H groups in total. The number of carbonyl (C=O) groups excluding carboxylic acids is 1. The molecule has 0 heterocycles. The Morgan fingerprint density at radius 2 is 2.06 bits per heavy atom. The monoisotopic (exact) mass is 244 g/mol. The average Bonchev–Trinajstić information content (AvgIpc) is 2.29.